The molecular weight excluding hydrogens is 334 g/mol. The molecule has 0 spiro atoms. The molecule has 1 aromatic carbocycles. The standard InChI is InChI=1S/C19H31N3O2S/c1-7-20-17(22-14-18(2,3)19(22,4)5)21-12-15-8-10-16(11-9-15)13-25(6,23)24/h8-11H,7,12-14H2,1-6H3,(H,20,21). The molecule has 1 heterocycles. The number of nitrogens with one attached hydrogen (secondary N) is 1. The maximum atomic E-state index is 11.4. The van der Waals surface area contributed by atoms with E-state index >= 15 is 0 Å². The van der Waals surface area contributed by atoms with Crippen LogP contribution in [0.15, 0.2) is 29.3 Å². The van der Waals surface area contributed by atoms with Gasteiger partial charge in [-0.05, 0) is 31.9 Å². The SMILES string of the molecule is CCNC(=NCc1ccc(CS(C)(=O)=O)cc1)N1CC(C)(C)C1(C)C. The predicted molar refractivity (Wildman–Crippen MR) is 104 cm³/mol. The highest BCUT2D eigenvalue weighted by Crippen LogP contribution is 2.46. The van der Waals surface area contributed by atoms with Gasteiger partial charge in [0.15, 0.2) is 15.8 Å². The predicted octanol–water partition coefficient (Wildman–Crippen LogP) is 2.82. The second kappa shape index (κ2) is 6.98. The summed E-state index contributed by atoms with van der Waals surface area (Å²) in [6.07, 6.45) is 1.25. The van der Waals surface area contributed by atoms with E-state index in [2.05, 4.69) is 44.8 Å². The molecule has 1 fully saturated rings. The van der Waals surface area contributed by atoms with Gasteiger partial charge in [-0.15, -0.1) is 0 Å². The van der Waals surface area contributed by atoms with Crippen molar-refractivity contribution in [3.8, 4) is 0 Å². The number of guanidine groups is 1. The van der Waals surface area contributed by atoms with Crippen molar-refractivity contribution in [3.05, 3.63) is 35.4 Å². The Kier molecular flexibility index (Phi) is 5.52. The molecule has 6 heteroatoms. The van der Waals surface area contributed by atoms with Gasteiger partial charge < -0.3 is 10.2 Å². The summed E-state index contributed by atoms with van der Waals surface area (Å²) in [7, 11) is -3.00. The molecule has 0 amide bonds. The fourth-order valence-electron chi connectivity index (χ4n) is 3.00. The number of benzene rings is 1. The molecule has 1 aliphatic rings. The molecule has 1 N–H and O–H groups in total. The van der Waals surface area contributed by atoms with Gasteiger partial charge >= 0.3 is 0 Å². The summed E-state index contributed by atoms with van der Waals surface area (Å²) in [4.78, 5) is 7.11. The lowest BCUT2D eigenvalue weighted by Gasteiger charge is -2.62. The number of aliphatic imine (C=N–C) groups is 1. The minimum absolute atomic E-state index is 0.0628. The number of nitrogens with zero attached hydrogens (tertiary/aromatic N) is 2. The van der Waals surface area contributed by atoms with E-state index in [-0.39, 0.29) is 16.7 Å². The quantitative estimate of drug-likeness (QED) is 0.644. The Morgan fingerprint density at radius 2 is 1.72 bits per heavy atom. The van der Waals surface area contributed by atoms with E-state index < -0.39 is 9.84 Å². The minimum atomic E-state index is -3.00. The van der Waals surface area contributed by atoms with Gasteiger partial charge in [-0.1, -0.05) is 38.1 Å². The van der Waals surface area contributed by atoms with Crippen LogP contribution >= 0.6 is 0 Å². The highest BCUT2D eigenvalue weighted by atomic mass is 32.2. The Balaban J connectivity index is 2.09. The molecule has 140 valence electrons. The lowest BCUT2D eigenvalue weighted by molar-refractivity contribution is -0.0667. The van der Waals surface area contributed by atoms with E-state index in [9.17, 15) is 8.42 Å². The van der Waals surface area contributed by atoms with Gasteiger partial charge in [0.05, 0.1) is 12.3 Å². The van der Waals surface area contributed by atoms with Crippen molar-refractivity contribution in [2.75, 3.05) is 19.3 Å². The molecule has 0 aliphatic carbocycles. The number of hydrogen-bond donors (Lipinski definition) is 1. The van der Waals surface area contributed by atoms with E-state index in [1.807, 2.05) is 24.3 Å². The van der Waals surface area contributed by atoms with Crippen LogP contribution in [-0.2, 0) is 22.1 Å². The molecule has 0 aromatic heterocycles. The third-order valence-corrected chi connectivity index (χ3v) is 6.20. The first kappa shape index (κ1) is 19.8. The molecule has 0 radical (unpaired) electrons. The highest BCUT2D eigenvalue weighted by Gasteiger charge is 2.53. The van der Waals surface area contributed by atoms with Crippen LogP contribution in [0.2, 0.25) is 0 Å². The number of likely N-dealkylation sites (tertiary alicyclic amines) is 1. The molecule has 0 unspecified atom stereocenters. The first-order chi connectivity index (χ1) is 11.5. The lowest BCUT2D eigenvalue weighted by Crippen LogP contribution is -2.72. The second-order valence-corrected chi connectivity index (χ2v) is 10.2. The third kappa shape index (κ3) is 4.54. The molecule has 1 aliphatic heterocycles. The number of sulfone groups is 1. The van der Waals surface area contributed by atoms with E-state index in [1.165, 1.54) is 6.26 Å². The molecule has 0 atom stereocenters. The van der Waals surface area contributed by atoms with E-state index in [4.69, 9.17) is 4.99 Å². The highest BCUT2D eigenvalue weighted by molar-refractivity contribution is 7.89. The van der Waals surface area contributed by atoms with E-state index in [1.54, 1.807) is 0 Å². The summed E-state index contributed by atoms with van der Waals surface area (Å²) in [5.74, 6) is 1.02. The fourth-order valence-corrected chi connectivity index (χ4v) is 3.80. The zero-order valence-electron chi connectivity index (χ0n) is 16.3. The number of hydrogen-bond acceptors (Lipinski definition) is 3. The van der Waals surface area contributed by atoms with Gasteiger partial charge in [-0.3, -0.25) is 0 Å². The normalized spacial score (nSPS) is 19.4. The average molecular weight is 366 g/mol. The van der Waals surface area contributed by atoms with Crippen LogP contribution in [-0.4, -0.2) is 44.2 Å². The van der Waals surface area contributed by atoms with Crippen molar-refractivity contribution < 1.29 is 8.42 Å². The van der Waals surface area contributed by atoms with Gasteiger partial charge in [-0.2, -0.15) is 0 Å². The molecule has 5 nitrogen and oxygen atoms in total. The Bertz CT molecular complexity index is 734. The minimum Gasteiger partial charge on any atom is -0.356 e. The van der Waals surface area contributed by atoms with Gasteiger partial charge in [0.2, 0.25) is 0 Å². The van der Waals surface area contributed by atoms with Gasteiger partial charge in [0.1, 0.15) is 0 Å². The smallest absolute Gasteiger partial charge is 0.194 e. The summed E-state index contributed by atoms with van der Waals surface area (Å²) in [5, 5.41) is 3.39. The van der Waals surface area contributed by atoms with Crippen molar-refractivity contribution in [2.45, 2.75) is 52.5 Å². The number of rotatable bonds is 5. The molecule has 1 aromatic rings. The molecule has 1 saturated heterocycles. The first-order valence-corrected chi connectivity index (χ1v) is 10.8. The molecule has 0 saturated carbocycles. The van der Waals surface area contributed by atoms with Crippen molar-refractivity contribution in [1.29, 1.82) is 0 Å². The Morgan fingerprint density at radius 3 is 2.16 bits per heavy atom. The van der Waals surface area contributed by atoms with Crippen molar-refractivity contribution in [2.24, 2.45) is 10.4 Å². The Hall–Kier alpha value is -1.56. The zero-order valence-corrected chi connectivity index (χ0v) is 17.1. The summed E-state index contributed by atoms with van der Waals surface area (Å²) in [6, 6.07) is 7.66. The van der Waals surface area contributed by atoms with Crippen molar-refractivity contribution in [1.82, 2.24) is 10.2 Å². The van der Waals surface area contributed by atoms with Crippen LogP contribution in [0, 0.1) is 5.41 Å². The van der Waals surface area contributed by atoms with E-state index in [0.717, 1.165) is 30.2 Å². The van der Waals surface area contributed by atoms with Crippen molar-refractivity contribution in [3.63, 3.8) is 0 Å². The van der Waals surface area contributed by atoms with Crippen LogP contribution < -0.4 is 5.32 Å². The Labute approximate surface area is 152 Å². The van der Waals surface area contributed by atoms with Gasteiger partial charge in [-0.25, -0.2) is 13.4 Å². The average Bonchev–Trinajstić information content (AvgIpc) is 2.49. The molecule has 25 heavy (non-hydrogen) atoms. The third-order valence-electron chi connectivity index (χ3n) is 5.34. The van der Waals surface area contributed by atoms with Crippen LogP contribution in [0.1, 0.15) is 45.7 Å². The van der Waals surface area contributed by atoms with Crippen LogP contribution in [0.5, 0.6) is 0 Å². The van der Waals surface area contributed by atoms with Gasteiger partial charge in [0, 0.05) is 30.3 Å². The van der Waals surface area contributed by atoms with Crippen molar-refractivity contribution >= 4 is 15.8 Å². The van der Waals surface area contributed by atoms with E-state index in [0.29, 0.717) is 6.54 Å². The topological polar surface area (TPSA) is 61.8 Å². The van der Waals surface area contributed by atoms with Crippen LogP contribution in [0.4, 0.5) is 0 Å². The maximum absolute atomic E-state index is 11.4. The Morgan fingerprint density at radius 1 is 1.16 bits per heavy atom. The van der Waals surface area contributed by atoms with Gasteiger partial charge in [0.25, 0.3) is 0 Å². The monoisotopic (exact) mass is 365 g/mol. The first-order valence-electron chi connectivity index (χ1n) is 8.78. The maximum Gasteiger partial charge on any atom is 0.194 e. The molecular formula is C19H31N3O2S. The lowest BCUT2D eigenvalue weighted by atomic mass is 9.65. The molecule has 2 rings (SSSR count). The second-order valence-electron chi connectivity index (χ2n) is 8.09. The fraction of sp³-hybridized carbons (Fsp3) is 0.632. The largest absolute Gasteiger partial charge is 0.356 e. The summed E-state index contributed by atoms with van der Waals surface area (Å²) in [5.41, 5.74) is 2.21. The molecule has 0 bridgehead atoms. The summed E-state index contributed by atoms with van der Waals surface area (Å²) < 4.78 is 22.7. The summed E-state index contributed by atoms with van der Waals surface area (Å²) in [6.45, 7) is 13.5. The zero-order chi connectivity index (χ0) is 18.9. The van der Waals surface area contributed by atoms with Crippen LogP contribution in [0.3, 0.4) is 0 Å². The summed E-state index contributed by atoms with van der Waals surface area (Å²) >= 11 is 0. The van der Waals surface area contributed by atoms with Crippen LogP contribution in [0.25, 0.3) is 0 Å².